The van der Waals surface area contributed by atoms with Crippen molar-refractivity contribution in [3.63, 3.8) is 0 Å². The Morgan fingerprint density at radius 1 is 0.868 bits per heavy atom. The lowest BCUT2D eigenvalue weighted by molar-refractivity contribution is -0.143. The van der Waals surface area contributed by atoms with E-state index in [-0.39, 0.29) is 42.3 Å². The minimum atomic E-state index is -4.99. The molecule has 0 unspecified atom stereocenters. The Morgan fingerprint density at radius 3 is 2.05 bits per heavy atom. The van der Waals surface area contributed by atoms with E-state index in [9.17, 15) is 35.9 Å². The summed E-state index contributed by atoms with van der Waals surface area (Å²) in [4.78, 5) is 25.2. The molecule has 0 spiro atoms. The van der Waals surface area contributed by atoms with Crippen molar-refractivity contribution in [1.82, 2.24) is 10.6 Å². The summed E-state index contributed by atoms with van der Waals surface area (Å²) in [5.74, 6) is -0.518. The van der Waals surface area contributed by atoms with E-state index in [4.69, 9.17) is 0 Å². The van der Waals surface area contributed by atoms with Crippen LogP contribution in [0.2, 0.25) is 0 Å². The maximum Gasteiger partial charge on any atom is 0.416 e. The zero-order valence-electron chi connectivity index (χ0n) is 20.5. The van der Waals surface area contributed by atoms with Crippen LogP contribution in [0, 0.1) is 5.92 Å². The number of hydrogen-bond acceptors (Lipinski definition) is 3. The number of hydrogen-bond donors (Lipinski definition) is 3. The summed E-state index contributed by atoms with van der Waals surface area (Å²) in [5.41, 5.74) is -2.32. The number of alkyl halides is 6. The molecule has 2 aromatic carbocycles. The Kier molecular flexibility index (Phi) is 8.34. The van der Waals surface area contributed by atoms with Crippen molar-refractivity contribution in [3.05, 3.63) is 65.2 Å². The summed E-state index contributed by atoms with van der Waals surface area (Å²) in [7, 11) is 0. The van der Waals surface area contributed by atoms with Crippen LogP contribution in [-0.2, 0) is 21.9 Å². The van der Waals surface area contributed by atoms with Crippen molar-refractivity contribution in [3.8, 4) is 0 Å². The molecule has 1 aliphatic heterocycles. The van der Waals surface area contributed by atoms with Gasteiger partial charge in [0.15, 0.2) is 0 Å². The molecule has 2 atom stereocenters. The van der Waals surface area contributed by atoms with Gasteiger partial charge >= 0.3 is 12.4 Å². The quantitative estimate of drug-likeness (QED) is 0.401. The van der Waals surface area contributed by atoms with Gasteiger partial charge in [0.25, 0.3) is 0 Å². The minimum Gasteiger partial charge on any atom is -0.352 e. The lowest BCUT2D eigenvalue weighted by Gasteiger charge is -2.29. The standard InChI is InChI=1S/C27H29F6N3O2/c28-26(29,30)19-12-20(27(31,32)33)14-22(13-19)35-24(37)10-16-6-8-21(9-7-16)36-25(38)23-11-18(15-34-23)17-4-2-1-3-5-17/h1-5,12-14,16,18,21,23,34H,6-11,15H2,(H,35,37)(H,36,38)/t16-,18-,21-,23-/m0/s1. The molecule has 1 saturated carbocycles. The van der Waals surface area contributed by atoms with E-state index in [0.717, 1.165) is 6.54 Å². The maximum atomic E-state index is 13.1. The molecule has 0 bridgehead atoms. The average Bonchev–Trinajstić information content (AvgIpc) is 3.35. The molecule has 3 N–H and O–H groups in total. The lowest BCUT2D eigenvalue weighted by atomic mass is 9.83. The summed E-state index contributed by atoms with van der Waals surface area (Å²) >= 11 is 0. The van der Waals surface area contributed by atoms with Gasteiger partial charge in [0.1, 0.15) is 0 Å². The first-order valence-corrected chi connectivity index (χ1v) is 12.6. The number of anilines is 1. The van der Waals surface area contributed by atoms with E-state index < -0.39 is 35.1 Å². The first kappa shape index (κ1) is 27.9. The molecule has 1 aliphatic carbocycles. The van der Waals surface area contributed by atoms with Crippen molar-refractivity contribution >= 4 is 17.5 Å². The van der Waals surface area contributed by atoms with Gasteiger partial charge in [0.05, 0.1) is 17.2 Å². The van der Waals surface area contributed by atoms with Crippen LogP contribution in [0.15, 0.2) is 48.5 Å². The molecule has 5 nitrogen and oxygen atoms in total. The van der Waals surface area contributed by atoms with Crippen molar-refractivity contribution in [2.75, 3.05) is 11.9 Å². The Morgan fingerprint density at radius 2 is 1.47 bits per heavy atom. The van der Waals surface area contributed by atoms with Crippen LogP contribution < -0.4 is 16.0 Å². The van der Waals surface area contributed by atoms with Gasteiger partial charge in [-0.1, -0.05) is 30.3 Å². The van der Waals surface area contributed by atoms with E-state index in [2.05, 4.69) is 16.0 Å². The van der Waals surface area contributed by atoms with Gasteiger partial charge in [-0.05, 0) is 67.7 Å². The van der Waals surface area contributed by atoms with Gasteiger partial charge in [-0.15, -0.1) is 0 Å². The third kappa shape index (κ3) is 7.27. The topological polar surface area (TPSA) is 70.2 Å². The first-order valence-electron chi connectivity index (χ1n) is 12.6. The Labute approximate surface area is 216 Å². The monoisotopic (exact) mass is 541 g/mol. The minimum absolute atomic E-state index is 0.0220. The molecule has 11 heteroatoms. The number of rotatable bonds is 6. The average molecular weight is 542 g/mol. The molecule has 1 heterocycles. The fourth-order valence-electron chi connectivity index (χ4n) is 5.23. The number of carbonyl (C=O) groups is 2. The SMILES string of the molecule is O=C(C[C@H]1CC[C@H](NC(=O)[C@@H]2C[C@H](c3ccccc3)CN2)CC1)Nc1cc(C(F)(F)F)cc(C(F)(F)F)c1. The van der Waals surface area contributed by atoms with Gasteiger partial charge in [0.2, 0.25) is 11.8 Å². The number of nitrogens with one attached hydrogen (secondary N) is 3. The maximum absolute atomic E-state index is 13.1. The molecule has 1 saturated heterocycles. The summed E-state index contributed by atoms with van der Waals surface area (Å²) in [6, 6.07) is 10.7. The summed E-state index contributed by atoms with van der Waals surface area (Å²) in [6.45, 7) is 0.723. The van der Waals surface area contributed by atoms with E-state index in [1.165, 1.54) is 5.56 Å². The van der Waals surface area contributed by atoms with Gasteiger partial charge in [-0.3, -0.25) is 9.59 Å². The Balaban J connectivity index is 1.25. The zero-order valence-corrected chi connectivity index (χ0v) is 20.5. The molecule has 2 aromatic rings. The summed E-state index contributed by atoms with van der Waals surface area (Å²) in [5, 5.41) is 8.54. The molecular weight excluding hydrogens is 512 g/mol. The van der Waals surface area contributed by atoms with Crippen LogP contribution >= 0.6 is 0 Å². The van der Waals surface area contributed by atoms with E-state index >= 15 is 0 Å². The molecule has 38 heavy (non-hydrogen) atoms. The summed E-state index contributed by atoms with van der Waals surface area (Å²) in [6.07, 6.45) is -6.79. The molecule has 0 radical (unpaired) electrons. The number of amides is 2. The van der Waals surface area contributed by atoms with Crippen LogP contribution in [0.5, 0.6) is 0 Å². The zero-order chi connectivity index (χ0) is 27.5. The van der Waals surface area contributed by atoms with Crippen molar-refractivity contribution in [2.24, 2.45) is 5.92 Å². The molecular formula is C27H29F6N3O2. The van der Waals surface area contributed by atoms with Crippen molar-refractivity contribution < 1.29 is 35.9 Å². The van der Waals surface area contributed by atoms with Gasteiger partial charge in [-0.25, -0.2) is 0 Å². The number of halogens is 6. The molecule has 2 fully saturated rings. The van der Waals surface area contributed by atoms with Gasteiger partial charge < -0.3 is 16.0 Å². The Bertz CT molecular complexity index is 1100. The highest BCUT2D eigenvalue weighted by atomic mass is 19.4. The van der Waals surface area contributed by atoms with E-state index in [1.54, 1.807) is 0 Å². The van der Waals surface area contributed by atoms with Crippen molar-refractivity contribution in [2.45, 2.75) is 68.9 Å². The van der Waals surface area contributed by atoms with Crippen LogP contribution in [0.25, 0.3) is 0 Å². The Hall–Kier alpha value is -3.08. The predicted octanol–water partition coefficient (Wildman–Crippen LogP) is 5.87. The number of carbonyl (C=O) groups excluding carboxylic acids is 2. The van der Waals surface area contributed by atoms with E-state index in [1.807, 2.05) is 30.3 Å². The van der Waals surface area contributed by atoms with Crippen LogP contribution in [-0.4, -0.2) is 30.4 Å². The van der Waals surface area contributed by atoms with Crippen LogP contribution in [0.4, 0.5) is 32.0 Å². The lowest BCUT2D eigenvalue weighted by Crippen LogP contribution is -2.46. The highest BCUT2D eigenvalue weighted by Crippen LogP contribution is 2.38. The van der Waals surface area contributed by atoms with Crippen molar-refractivity contribution in [1.29, 1.82) is 0 Å². The summed E-state index contributed by atoms with van der Waals surface area (Å²) < 4.78 is 78.3. The normalized spacial score (nSPS) is 24.2. The second kappa shape index (κ2) is 11.3. The molecule has 206 valence electrons. The highest BCUT2D eigenvalue weighted by Gasteiger charge is 2.37. The van der Waals surface area contributed by atoms with Gasteiger partial charge in [0, 0.05) is 24.7 Å². The van der Waals surface area contributed by atoms with E-state index in [0.29, 0.717) is 44.2 Å². The fourth-order valence-corrected chi connectivity index (χ4v) is 5.23. The third-order valence-electron chi connectivity index (χ3n) is 7.26. The third-order valence-corrected chi connectivity index (χ3v) is 7.26. The smallest absolute Gasteiger partial charge is 0.352 e. The second-order valence-electron chi connectivity index (χ2n) is 10.1. The first-order chi connectivity index (χ1) is 17.9. The largest absolute Gasteiger partial charge is 0.416 e. The number of benzene rings is 2. The molecule has 2 aliphatic rings. The predicted molar refractivity (Wildman–Crippen MR) is 129 cm³/mol. The highest BCUT2D eigenvalue weighted by molar-refractivity contribution is 5.91. The van der Waals surface area contributed by atoms with Crippen LogP contribution in [0.1, 0.15) is 61.1 Å². The molecule has 2 amide bonds. The molecule has 4 rings (SSSR count). The van der Waals surface area contributed by atoms with Gasteiger partial charge in [-0.2, -0.15) is 26.3 Å². The fraction of sp³-hybridized carbons (Fsp3) is 0.481. The second-order valence-corrected chi connectivity index (χ2v) is 10.1. The molecule has 0 aromatic heterocycles. The van der Waals surface area contributed by atoms with Crippen LogP contribution in [0.3, 0.4) is 0 Å².